The quantitative estimate of drug-likeness (QED) is 0.781. The second-order valence-corrected chi connectivity index (χ2v) is 4.76. The van der Waals surface area contributed by atoms with E-state index in [4.69, 9.17) is 4.74 Å². The van der Waals surface area contributed by atoms with E-state index >= 15 is 0 Å². The van der Waals surface area contributed by atoms with Crippen molar-refractivity contribution in [3.05, 3.63) is 0 Å². The lowest BCUT2D eigenvalue weighted by molar-refractivity contribution is -0.153. The van der Waals surface area contributed by atoms with Crippen LogP contribution in [0.5, 0.6) is 0 Å². The Balaban J connectivity index is 0.00000162. The largest absolute Gasteiger partial charge is 0.468 e. The van der Waals surface area contributed by atoms with E-state index in [-0.39, 0.29) is 42.4 Å². The minimum absolute atomic E-state index is 0. The Morgan fingerprint density at radius 1 is 1.17 bits per heavy atom. The van der Waals surface area contributed by atoms with Gasteiger partial charge in [0, 0.05) is 13.0 Å². The van der Waals surface area contributed by atoms with Crippen molar-refractivity contribution in [2.45, 2.75) is 44.2 Å². The predicted octanol–water partition coefficient (Wildman–Crippen LogP) is 1.05. The second-order valence-electron chi connectivity index (χ2n) is 4.76. The molecule has 0 aromatic heterocycles. The van der Waals surface area contributed by atoms with Gasteiger partial charge in [0.1, 0.15) is 12.1 Å². The number of ether oxygens (including phenoxy) is 2. The molecule has 0 aromatic rings. The van der Waals surface area contributed by atoms with Crippen molar-refractivity contribution in [1.29, 1.82) is 0 Å². The number of rotatable bonds is 3. The van der Waals surface area contributed by atoms with Crippen LogP contribution in [0.25, 0.3) is 0 Å². The molecule has 0 radical (unpaired) electrons. The molecule has 1 heterocycles. The Morgan fingerprint density at radius 2 is 1.83 bits per heavy atom. The van der Waals surface area contributed by atoms with Crippen molar-refractivity contribution in [1.82, 2.24) is 5.32 Å². The molecule has 1 saturated heterocycles. The zero-order valence-electron chi connectivity index (χ0n) is 10.5. The highest BCUT2D eigenvalue weighted by Crippen LogP contribution is 2.26. The summed E-state index contributed by atoms with van der Waals surface area (Å²) >= 11 is 0. The van der Waals surface area contributed by atoms with Crippen molar-refractivity contribution in [2.75, 3.05) is 13.7 Å². The topological polar surface area (TPSA) is 64.6 Å². The third-order valence-corrected chi connectivity index (χ3v) is 3.55. The molecular weight excluding hydrogens is 258 g/mol. The molecular formula is C12H20ClNO4. The van der Waals surface area contributed by atoms with Crippen LogP contribution in [-0.2, 0) is 19.1 Å². The fourth-order valence-corrected chi connectivity index (χ4v) is 2.54. The number of carbonyl (C=O) groups excluding carboxylic acids is 2. The number of esters is 2. The first kappa shape index (κ1) is 15.2. The van der Waals surface area contributed by atoms with Gasteiger partial charge in [-0.3, -0.25) is 9.59 Å². The Morgan fingerprint density at radius 3 is 2.44 bits per heavy atom. The number of hydrogen-bond donors (Lipinski definition) is 1. The molecule has 2 aliphatic rings. The highest BCUT2D eigenvalue weighted by molar-refractivity contribution is 5.85. The summed E-state index contributed by atoms with van der Waals surface area (Å²) in [6.45, 7) is 0.540. The molecule has 1 aliphatic heterocycles. The van der Waals surface area contributed by atoms with Gasteiger partial charge in [-0.05, 0) is 12.8 Å². The molecule has 5 nitrogen and oxygen atoms in total. The summed E-state index contributed by atoms with van der Waals surface area (Å²) in [7, 11) is 1.36. The van der Waals surface area contributed by atoms with Gasteiger partial charge in [0.25, 0.3) is 0 Å². The maximum absolute atomic E-state index is 11.8. The molecule has 1 saturated carbocycles. The summed E-state index contributed by atoms with van der Waals surface area (Å²) in [5.74, 6) is -0.309. The third-order valence-electron chi connectivity index (χ3n) is 3.55. The van der Waals surface area contributed by atoms with Crippen LogP contribution in [-0.4, -0.2) is 37.7 Å². The van der Waals surface area contributed by atoms with Gasteiger partial charge in [0.2, 0.25) is 0 Å². The van der Waals surface area contributed by atoms with Crippen LogP contribution >= 0.6 is 12.4 Å². The van der Waals surface area contributed by atoms with E-state index in [0.29, 0.717) is 13.0 Å². The molecule has 0 aromatic carbocycles. The highest BCUT2D eigenvalue weighted by atomic mass is 35.5. The van der Waals surface area contributed by atoms with Crippen LogP contribution in [0.1, 0.15) is 32.1 Å². The Hall–Kier alpha value is -0.810. The SMILES string of the molecule is COC(=O)[C@@H]1C[C@@H](OC(=O)C2CCCC2)CN1.Cl. The summed E-state index contributed by atoms with van der Waals surface area (Å²) in [5, 5.41) is 3.00. The van der Waals surface area contributed by atoms with E-state index in [9.17, 15) is 9.59 Å². The third kappa shape index (κ3) is 3.59. The number of nitrogens with one attached hydrogen (secondary N) is 1. The Bertz CT molecular complexity index is 304. The van der Waals surface area contributed by atoms with E-state index in [1.165, 1.54) is 7.11 Å². The van der Waals surface area contributed by atoms with Crippen LogP contribution < -0.4 is 5.32 Å². The van der Waals surface area contributed by atoms with E-state index in [1.54, 1.807) is 0 Å². The first-order chi connectivity index (χ1) is 8.20. The summed E-state index contributed by atoms with van der Waals surface area (Å²) in [4.78, 5) is 23.1. The van der Waals surface area contributed by atoms with E-state index in [0.717, 1.165) is 25.7 Å². The Labute approximate surface area is 113 Å². The second kappa shape index (κ2) is 6.95. The maximum Gasteiger partial charge on any atom is 0.323 e. The average molecular weight is 278 g/mol. The number of methoxy groups -OCH3 is 1. The van der Waals surface area contributed by atoms with Crippen molar-refractivity contribution in [3.63, 3.8) is 0 Å². The summed E-state index contributed by atoms with van der Waals surface area (Å²) < 4.78 is 10.1. The summed E-state index contributed by atoms with van der Waals surface area (Å²) in [6, 6.07) is -0.332. The molecule has 2 atom stereocenters. The normalized spacial score (nSPS) is 27.6. The molecule has 6 heteroatoms. The minimum atomic E-state index is -0.332. The van der Waals surface area contributed by atoms with Gasteiger partial charge >= 0.3 is 11.9 Å². The monoisotopic (exact) mass is 277 g/mol. The molecule has 1 aliphatic carbocycles. The first-order valence-corrected chi connectivity index (χ1v) is 6.22. The van der Waals surface area contributed by atoms with Gasteiger partial charge in [0.05, 0.1) is 13.0 Å². The van der Waals surface area contributed by atoms with E-state index in [1.807, 2.05) is 0 Å². The lowest BCUT2D eigenvalue weighted by Crippen LogP contribution is -2.31. The number of halogens is 1. The van der Waals surface area contributed by atoms with Crippen molar-refractivity contribution in [2.24, 2.45) is 5.92 Å². The summed E-state index contributed by atoms with van der Waals surface area (Å²) in [5.41, 5.74) is 0. The molecule has 18 heavy (non-hydrogen) atoms. The van der Waals surface area contributed by atoms with Gasteiger partial charge in [0.15, 0.2) is 0 Å². The van der Waals surface area contributed by atoms with Gasteiger partial charge < -0.3 is 14.8 Å². The fourth-order valence-electron chi connectivity index (χ4n) is 2.54. The lowest BCUT2D eigenvalue weighted by atomic mass is 10.1. The van der Waals surface area contributed by atoms with Crippen LogP contribution in [0.2, 0.25) is 0 Å². The lowest BCUT2D eigenvalue weighted by Gasteiger charge is -2.14. The zero-order chi connectivity index (χ0) is 12.3. The van der Waals surface area contributed by atoms with E-state index in [2.05, 4.69) is 10.1 Å². The summed E-state index contributed by atoms with van der Waals surface area (Å²) in [6.07, 6.45) is 4.46. The number of carbonyl (C=O) groups is 2. The molecule has 2 fully saturated rings. The van der Waals surface area contributed by atoms with Crippen molar-refractivity contribution in [3.8, 4) is 0 Å². The molecule has 1 N–H and O–H groups in total. The number of hydrogen-bond acceptors (Lipinski definition) is 5. The van der Waals surface area contributed by atoms with Gasteiger partial charge in [-0.15, -0.1) is 12.4 Å². The van der Waals surface area contributed by atoms with Crippen molar-refractivity contribution < 1.29 is 19.1 Å². The molecule has 0 amide bonds. The molecule has 0 spiro atoms. The van der Waals surface area contributed by atoms with Crippen LogP contribution in [0.3, 0.4) is 0 Å². The first-order valence-electron chi connectivity index (χ1n) is 6.22. The zero-order valence-corrected chi connectivity index (χ0v) is 11.3. The van der Waals surface area contributed by atoms with Crippen LogP contribution in [0.15, 0.2) is 0 Å². The van der Waals surface area contributed by atoms with Gasteiger partial charge in [-0.1, -0.05) is 12.8 Å². The molecule has 0 unspecified atom stereocenters. The van der Waals surface area contributed by atoms with Crippen LogP contribution in [0, 0.1) is 5.92 Å². The molecule has 104 valence electrons. The van der Waals surface area contributed by atoms with Crippen LogP contribution in [0.4, 0.5) is 0 Å². The molecule has 0 bridgehead atoms. The van der Waals surface area contributed by atoms with Crippen molar-refractivity contribution >= 4 is 24.3 Å². The highest BCUT2D eigenvalue weighted by Gasteiger charge is 2.34. The Kier molecular flexibility index (Phi) is 5.88. The average Bonchev–Trinajstić information content (AvgIpc) is 2.98. The maximum atomic E-state index is 11.8. The molecule has 2 rings (SSSR count). The van der Waals surface area contributed by atoms with Gasteiger partial charge in [-0.25, -0.2) is 0 Å². The van der Waals surface area contributed by atoms with Gasteiger partial charge in [-0.2, -0.15) is 0 Å². The smallest absolute Gasteiger partial charge is 0.323 e. The van der Waals surface area contributed by atoms with E-state index < -0.39 is 0 Å². The minimum Gasteiger partial charge on any atom is -0.468 e. The standard InChI is InChI=1S/C12H19NO4.ClH/c1-16-12(15)10-6-9(7-13-10)17-11(14)8-4-2-3-5-8;/h8-10,13H,2-7H2,1H3;1H/t9-,10+;/m1./s1. The fraction of sp³-hybridized carbons (Fsp3) is 0.833. The predicted molar refractivity (Wildman–Crippen MR) is 67.5 cm³/mol.